The Balaban J connectivity index is 2.32. The number of hydrogen-bond donors (Lipinski definition) is 0. The van der Waals surface area contributed by atoms with Gasteiger partial charge in [0, 0.05) is 15.1 Å². The third-order valence-corrected chi connectivity index (χ3v) is 4.81. The Morgan fingerprint density at radius 1 is 1.22 bits per heavy atom. The van der Waals surface area contributed by atoms with Crippen LogP contribution in [0.15, 0.2) is 46.9 Å². The molecule has 1 heterocycles. The number of hydrogen-bond acceptors (Lipinski definition) is 4. The highest BCUT2D eigenvalue weighted by Gasteiger charge is 2.26. The van der Waals surface area contributed by atoms with Crippen molar-refractivity contribution >= 4 is 51.4 Å². The molecule has 2 aromatic carbocycles. The number of aldehydes is 1. The zero-order chi connectivity index (χ0) is 19.6. The van der Waals surface area contributed by atoms with Gasteiger partial charge in [-0.15, -0.1) is 0 Å². The molecule has 3 rings (SSSR count). The van der Waals surface area contributed by atoms with Gasteiger partial charge in [-0.25, -0.2) is 9.48 Å². The van der Waals surface area contributed by atoms with Gasteiger partial charge in [0.05, 0.1) is 28.6 Å². The molecule has 0 fully saturated rings. The predicted octanol–water partition coefficient (Wildman–Crippen LogP) is 5.60. The smallest absolute Gasteiger partial charge is 0.359 e. The van der Waals surface area contributed by atoms with E-state index in [0.717, 1.165) is 4.47 Å². The van der Waals surface area contributed by atoms with Crippen LogP contribution in [0.25, 0.3) is 16.9 Å². The van der Waals surface area contributed by atoms with Gasteiger partial charge in [-0.3, -0.25) is 4.79 Å². The van der Waals surface area contributed by atoms with Gasteiger partial charge < -0.3 is 4.74 Å². The number of rotatable bonds is 5. The van der Waals surface area contributed by atoms with E-state index in [0.29, 0.717) is 33.3 Å². The van der Waals surface area contributed by atoms with E-state index in [4.69, 9.17) is 27.9 Å². The van der Waals surface area contributed by atoms with Crippen LogP contribution < -0.4 is 0 Å². The van der Waals surface area contributed by atoms with E-state index in [1.807, 2.05) is 0 Å². The zero-order valence-corrected chi connectivity index (χ0v) is 17.2. The molecule has 0 saturated carbocycles. The lowest BCUT2D eigenvalue weighted by atomic mass is 10.1. The lowest BCUT2D eigenvalue weighted by Crippen LogP contribution is -2.08. The van der Waals surface area contributed by atoms with E-state index in [9.17, 15) is 9.59 Å². The number of carbonyl (C=O) groups excluding carboxylic acids is 2. The fourth-order valence-electron chi connectivity index (χ4n) is 2.60. The van der Waals surface area contributed by atoms with Crippen LogP contribution in [0.1, 0.15) is 27.8 Å². The molecule has 27 heavy (non-hydrogen) atoms. The van der Waals surface area contributed by atoms with Crippen LogP contribution in [0.3, 0.4) is 0 Å². The average molecular weight is 468 g/mol. The lowest BCUT2D eigenvalue weighted by Gasteiger charge is -2.10. The summed E-state index contributed by atoms with van der Waals surface area (Å²) in [5.74, 6) is -0.679. The van der Waals surface area contributed by atoms with Crippen LogP contribution in [-0.4, -0.2) is 28.6 Å². The Morgan fingerprint density at radius 2 is 1.93 bits per heavy atom. The van der Waals surface area contributed by atoms with Crippen molar-refractivity contribution in [3.05, 3.63) is 68.2 Å². The molecule has 0 atom stereocenters. The molecule has 0 N–H and O–H groups in total. The zero-order valence-electron chi connectivity index (χ0n) is 14.1. The maximum absolute atomic E-state index is 12.3. The summed E-state index contributed by atoms with van der Waals surface area (Å²) in [4.78, 5) is 24.2. The summed E-state index contributed by atoms with van der Waals surface area (Å²) < 4.78 is 7.30. The first-order valence-electron chi connectivity index (χ1n) is 7.93. The van der Waals surface area contributed by atoms with E-state index < -0.39 is 5.97 Å². The van der Waals surface area contributed by atoms with Gasteiger partial charge in [0.2, 0.25) is 0 Å². The van der Waals surface area contributed by atoms with Crippen LogP contribution in [-0.2, 0) is 4.74 Å². The number of ether oxygens (including phenoxy) is 1. The SMILES string of the molecule is CCOC(=O)c1nn(-c2ccc(Br)cc2Cl)c(-c2ccc(Cl)cc2)c1C=O. The molecule has 0 amide bonds. The van der Waals surface area contributed by atoms with Gasteiger partial charge in [0.25, 0.3) is 0 Å². The summed E-state index contributed by atoms with van der Waals surface area (Å²) in [7, 11) is 0. The third kappa shape index (κ3) is 3.93. The Hall–Kier alpha value is -2.15. The molecule has 138 valence electrons. The van der Waals surface area contributed by atoms with Gasteiger partial charge in [-0.05, 0) is 37.3 Å². The molecule has 3 aromatic rings. The molecule has 0 saturated heterocycles. The summed E-state index contributed by atoms with van der Waals surface area (Å²) in [5, 5.41) is 5.28. The van der Waals surface area contributed by atoms with Crippen molar-refractivity contribution in [3.63, 3.8) is 0 Å². The van der Waals surface area contributed by atoms with Crippen LogP contribution in [0.2, 0.25) is 10.0 Å². The molecule has 0 aliphatic heterocycles. The molecule has 0 radical (unpaired) electrons. The average Bonchev–Trinajstić information content (AvgIpc) is 3.02. The van der Waals surface area contributed by atoms with Gasteiger partial charge in [-0.2, -0.15) is 5.10 Å². The molecule has 0 aliphatic carbocycles. The number of esters is 1. The standard InChI is InChI=1S/C19H13BrCl2N2O3/c1-2-27-19(26)17-14(10-25)18(11-3-6-13(21)7-4-11)24(23-17)16-8-5-12(20)9-15(16)22/h3-10H,2H2,1H3. The first-order valence-corrected chi connectivity index (χ1v) is 9.47. The Kier molecular flexibility index (Phi) is 5.99. The molecule has 1 aromatic heterocycles. The number of aromatic nitrogens is 2. The number of benzene rings is 2. The summed E-state index contributed by atoms with van der Waals surface area (Å²) in [6, 6.07) is 12.1. The normalized spacial score (nSPS) is 10.7. The monoisotopic (exact) mass is 466 g/mol. The molecular weight excluding hydrogens is 455 g/mol. The molecule has 0 unspecified atom stereocenters. The van der Waals surface area contributed by atoms with Crippen molar-refractivity contribution in [1.29, 1.82) is 0 Å². The van der Waals surface area contributed by atoms with E-state index >= 15 is 0 Å². The Morgan fingerprint density at radius 3 is 2.52 bits per heavy atom. The lowest BCUT2D eigenvalue weighted by molar-refractivity contribution is 0.0517. The molecule has 0 bridgehead atoms. The van der Waals surface area contributed by atoms with Crippen LogP contribution in [0.5, 0.6) is 0 Å². The highest BCUT2D eigenvalue weighted by molar-refractivity contribution is 9.10. The molecule has 8 heteroatoms. The fourth-order valence-corrected chi connectivity index (χ4v) is 3.48. The maximum Gasteiger partial charge on any atom is 0.359 e. The number of halogens is 3. The number of carbonyl (C=O) groups is 2. The summed E-state index contributed by atoms with van der Waals surface area (Å²) in [5.41, 5.74) is 1.64. The predicted molar refractivity (Wildman–Crippen MR) is 108 cm³/mol. The van der Waals surface area contributed by atoms with Gasteiger partial charge in [0.1, 0.15) is 0 Å². The molecule has 5 nitrogen and oxygen atoms in total. The topological polar surface area (TPSA) is 61.2 Å². The van der Waals surface area contributed by atoms with Crippen LogP contribution in [0, 0.1) is 0 Å². The van der Waals surface area contributed by atoms with E-state index in [1.165, 1.54) is 4.68 Å². The maximum atomic E-state index is 12.3. The quantitative estimate of drug-likeness (QED) is 0.362. The van der Waals surface area contributed by atoms with Crippen LogP contribution >= 0.6 is 39.1 Å². The largest absolute Gasteiger partial charge is 0.461 e. The highest BCUT2D eigenvalue weighted by Crippen LogP contribution is 2.33. The Bertz CT molecular complexity index is 1020. The first-order chi connectivity index (χ1) is 13.0. The summed E-state index contributed by atoms with van der Waals surface area (Å²) in [6.45, 7) is 1.85. The second kappa shape index (κ2) is 8.25. The minimum absolute atomic E-state index is 0.0733. The van der Waals surface area contributed by atoms with Crippen LogP contribution in [0.4, 0.5) is 0 Å². The fraction of sp³-hybridized carbons (Fsp3) is 0.105. The van der Waals surface area contributed by atoms with E-state index in [-0.39, 0.29) is 17.9 Å². The second-order valence-corrected chi connectivity index (χ2v) is 7.22. The van der Waals surface area contributed by atoms with Gasteiger partial charge in [-0.1, -0.05) is 51.3 Å². The van der Waals surface area contributed by atoms with Crippen molar-refractivity contribution in [2.45, 2.75) is 6.92 Å². The van der Waals surface area contributed by atoms with E-state index in [2.05, 4.69) is 21.0 Å². The third-order valence-electron chi connectivity index (χ3n) is 3.76. The second-order valence-electron chi connectivity index (χ2n) is 5.46. The van der Waals surface area contributed by atoms with Crippen molar-refractivity contribution in [1.82, 2.24) is 9.78 Å². The first kappa shape index (κ1) is 19.6. The van der Waals surface area contributed by atoms with Crippen molar-refractivity contribution in [2.24, 2.45) is 0 Å². The van der Waals surface area contributed by atoms with Gasteiger partial charge in [0.15, 0.2) is 12.0 Å². The van der Waals surface area contributed by atoms with Crippen molar-refractivity contribution in [2.75, 3.05) is 6.61 Å². The number of nitrogens with zero attached hydrogens (tertiary/aromatic N) is 2. The molecule has 0 spiro atoms. The Labute approximate surface area is 174 Å². The minimum atomic E-state index is -0.679. The summed E-state index contributed by atoms with van der Waals surface area (Å²) in [6.07, 6.45) is 0.590. The van der Waals surface area contributed by atoms with E-state index in [1.54, 1.807) is 49.4 Å². The highest BCUT2D eigenvalue weighted by atomic mass is 79.9. The van der Waals surface area contributed by atoms with Gasteiger partial charge >= 0.3 is 5.97 Å². The molecule has 0 aliphatic rings. The summed E-state index contributed by atoms with van der Waals surface area (Å²) >= 11 is 15.7. The van der Waals surface area contributed by atoms with Crippen molar-refractivity contribution < 1.29 is 14.3 Å². The minimum Gasteiger partial charge on any atom is -0.461 e. The molecular formula is C19H13BrCl2N2O3. The van der Waals surface area contributed by atoms with Crippen molar-refractivity contribution in [3.8, 4) is 16.9 Å².